The molecule has 24 heavy (non-hydrogen) atoms. The van der Waals surface area contributed by atoms with Crippen molar-refractivity contribution in [2.45, 2.75) is 72.0 Å². The SMILES string of the molecule is CC=C(C)C(=O)OC1CC(C)=CC2C1C1(C)CCCC2(C)C(=O)O1. The molecule has 3 fully saturated rings. The minimum absolute atomic E-state index is 0.0278. The number of rotatable bonds is 2. The van der Waals surface area contributed by atoms with E-state index < -0.39 is 11.0 Å². The standard InChI is InChI=1S/C20H28O4/c1-6-13(3)17(21)23-15-11-12(2)10-14-16(15)20(5)9-7-8-19(14,4)18(22)24-20/h6,10,14-16H,7-9,11H2,1-5H3. The van der Waals surface area contributed by atoms with Gasteiger partial charge in [-0.1, -0.05) is 17.7 Å². The van der Waals surface area contributed by atoms with Crippen molar-refractivity contribution in [2.75, 3.05) is 0 Å². The first-order valence-corrected chi connectivity index (χ1v) is 8.96. The molecule has 2 bridgehead atoms. The smallest absolute Gasteiger partial charge is 0.333 e. The lowest BCUT2D eigenvalue weighted by Gasteiger charge is -2.53. The van der Waals surface area contributed by atoms with E-state index in [1.165, 1.54) is 5.57 Å². The van der Waals surface area contributed by atoms with Gasteiger partial charge in [0.15, 0.2) is 0 Å². The average molecular weight is 332 g/mol. The summed E-state index contributed by atoms with van der Waals surface area (Å²) >= 11 is 0. The molecule has 0 spiro atoms. The first-order chi connectivity index (χ1) is 11.2. The minimum atomic E-state index is -0.552. The van der Waals surface area contributed by atoms with Gasteiger partial charge >= 0.3 is 11.9 Å². The Labute approximate surface area is 144 Å². The zero-order valence-electron chi connectivity index (χ0n) is 15.3. The average Bonchev–Trinajstić information content (AvgIpc) is 2.69. The van der Waals surface area contributed by atoms with E-state index in [2.05, 4.69) is 13.0 Å². The number of hydrogen-bond donors (Lipinski definition) is 0. The Morgan fingerprint density at radius 2 is 2.08 bits per heavy atom. The minimum Gasteiger partial charge on any atom is -0.458 e. The van der Waals surface area contributed by atoms with Gasteiger partial charge in [0.2, 0.25) is 0 Å². The molecule has 2 heterocycles. The molecule has 2 saturated heterocycles. The number of fused-ring (bicyclic) bond motifs is 3. The van der Waals surface area contributed by atoms with Gasteiger partial charge in [0.05, 0.1) is 5.41 Å². The summed E-state index contributed by atoms with van der Waals surface area (Å²) < 4.78 is 11.8. The van der Waals surface area contributed by atoms with Gasteiger partial charge < -0.3 is 9.47 Å². The van der Waals surface area contributed by atoms with Crippen LogP contribution in [0.1, 0.15) is 60.3 Å². The third-order valence-electron chi connectivity index (χ3n) is 6.39. The lowest BCUT2D eigenvalue weighted by molar-refractivity contribution is -0.211. The fourth-order valence-corrected chi connectivity index (χ4v) is 4.80. The monoisotopic (exact) mass is 332 g/mol. The van der Waals surface area contributed by atoms with Crippen LogP contribution < -0.4 is 0 Å². The number of hydrogen-bond acceptors (Lipinski definition) is 4. The zero-order chi connectivity index (χ0) is 17.7. The Balaban J connectivity index is 2.01. The normalized spacial score (nSPS) is 41.9. The van der Waals surface area contributed by atoms with Crippen LogP contribution in [0.5, 0.6) is 0 Å². The highest BCUT2D eigenvalue weighted by atomic mass is 16.6. The molecule has 4 rings (SSSR count). The maximum Gasteiger partial charge on any atom is 0.333 e. The first-order valence-electron chi connectivity index (χ1n) is 8.96. The van der Waals surface area contributed by atoms with Crippen molar-refractivity contribution in [3.8, 4) is 0 Å². The predicted octanol–water partition coefficient (Wildman–Crippen LogP) is 3.95. The van der Waals surface area contributed by atoms with E-state index in [0.717, 1.165) is 19.3 Å². The van der Waals surface area contributed by atoms with Crippen LogP contribution in [0.25, 0.3) is 0 Å². The summed E-state index contributed by atoms with van der Waals surface area (Å²) in [4.78, 5) is 25.0. The number of allylic oxidation sites excluding steroid dienone is 2. The van der Waals surface area contributed by atoms with Crippen molar-refractivity contribution in [2.24, 2.45) is 17.3 Å². The van der Waals surface area contributed by atoms with Crippen molar-refractivity contribution in [1.82, 2.24) is 0 Å². The van der Waals surface area contributed by atoms with Crippen LogP contribution >= 0.6 is 0 Å². The van der Waals surface area contributed by atoms with Gasteiger partial charge in [0.1, 0.15) is 11.7 Å². The second-order valence-corrected chi connectivity index (χ2v) is 8.16. The molecule has 4 aliphatic rings. The van der Waals surface area contributed by atoms with E-state index in [9.17, 15) is 9.59 Å². The van der Waals surface area contributed by atoms with Gasteiger partial charge in [-0.2, -0.15) is 0 Å². The third kappa shape index (κ3) is 2.51. The summed E-state index contributed by atoms with van der Waals surface area (Å²) in [6, 6.07) is 0. The van der Waals surface area contributed by atoms with E-state index in [0.29, 0.717) is 12.0 Å². The van der Waals surface area contributed by atoms with Crippen LogP contribution in [-0.2, 0) is 19.1 Å². The first kappa shape index (κ1) is 17.2. The van der Waals surface area contributed by atoms with Crippen LogP contribution in [0.4, 0.5) is 0 Å². The molecule has 2 aliphatic carbocycles. The highest BCUT2D eigenvalue weighted by molar-refractivity contribution is 5.87. The molecule has 4 heteroatoms. The fraction of sp³-hybridized carbons (Fsp3) is 0.700. The summed E-state index contributed by atoms with van der Waals surface area (Å²) in [5.74, 6) is -0.260. The molecule has 4 nitrogen and oxygen atoms in total. The number of esters is 2. The lowest BCUT2D eigenvalue weighted by atomic mass is 9.59. The van der Waals surface area contributed by atoms with E-state index in [-0.39, 0.29) is 29.9 Å². The second kappa shape index (κ2) is 5.75. The Morgan fingerprint density at radius 1 is 1.38 bits per heavy atom. The Kier molecular flexibility index (Phi) is 4.13. The molecule has 0 radical (unpaired) electrons. The Morgan fingerprint density at radius 3 is 2.75 bits per heavy atom. The van der Waals surface area contributed by atoms with Crippen LogP contribution in [0.15, 0.2) is 23.3 Å². The van der Waals surface area contributed by atoms with Gasteiger partial charge in [-0.05, 0) is 53.9 Å². The maximum absolute atomic E-state index is 12.7. The molecular weight excluding hydrogens is 304 g/mol. The molecule has 0 N–H and O–H groups in total. The summed E-state index contributed by atoms with van der Waals surface area (Å²) in [6.07, 6.45) is 7.12. The predicted molar refractivity (Wildman–Crippen MR) is 91.1 cm³/mol. The molecule has 5 unspecified atom stereocenters. The van der Waals surface area contributed by atoms with Crippen molar-refractivity contribution < 1.29 is 19.1 Å². The quantitative estimate of drug-likeness (QED) is 0.436. The summed E-state index contributed by atoms with van der Waals surface area (Å²) in [5, 5.41) is 0. The molecule has 132 valence electrons. The van der Waals surface area contributed by atoms with Crippen LogP contribution in [-0.4, -0.2) is 23.6 Å². The van der Waals surface area contributed by atoms with Crippen molar-refractivity contribution in [3.05, 3.63) is 23.3 Å². The van der Waals surface area contributed by atoms with Crippen molar-refractivity contribution in [3.63, 3.8) is 0 Å². The number of carbonyl (C=O) groups is 2. The van der Waals surface area contributed by atoms with E-state index in [1.807, 2.05) is 20.8 Å². The van der Waals surface area contributed by atoms with Gasteiger partial charge in [0, 0.05) is 23.8 Å². The van der Waals surface area contributed by atoms with Gasteiger partial charge in [-0.3, -0.25) is 4.79 Å². The topological polar surface area (TPSA) is 52.6 Å². The number of ether oxygens (including phenoxy) is 2. The summed E-state index contributed by atoms with van der Waals surface area (Å²) in [6.45, 7) is 9.71. The summed E-state index contributed by atoms with van der Waals surface area (Å²) in [7, 11) is 0. The highest BCUT2D eigenvalue weighted by Gasteiger charge is 2.63. The lowest BCUT2D eigenvalue weighted by Crippen LogP contribution is -2.60. The largest absolute Gasteiger partial charge is 0.458 e. The molecule has 5 atom stereocenters. The van der Waals surface area contributed by atoms with Crippen LogP contribution in [0.3, 0.4) is 0 Å². The van der Waals surface area contributed by atoms with Crippen LogP contribution in [0.2, 0.25) is 0 Å². The molecule has 0 aromatic rings. The Bertz CT molecular complexity index is 632. The summed E-state index contributed by atoms with van der Waals surface area (Å²) in [5.41, 5.74) is 0.745. The van der Waals surface area contributed by atoms with Crippen molar-refractivity contribution in [1.29, 1.82) is 0 Å². The maximum atomic E-state index is 12.7. The highest BCUT2D eigenvalue weighted by Crippen LogP contribution is 2.58. The number of carbonyl (C=O) groups excluding carboxylic acids is 2. The Hall–Kier alpha value is -1.58. The van der Waals surface area contributed by atoms with Gasteiger partial charge in [0.25, 0.3) is 0 Å². The molecule has 1 saturated carbocycles. The van der Waals surface area contributed by atoms with Gasteiger partial charge in [-0.25, -0.2) is 4.79 Å². The fourth-order valence-electron chi connectivity index (χ4n) is 4.80. The molecule has 0 aromatic heterocycles. The van der Waals surface area contributed by atoms with E-state index in [1.54, 1.807) is 13.0 Å². The van der Waals surface area contributed by atoms with E-state index >= 15 is 0 Å². The van der Waals surface area contributed by atoms with Crippen molar-refractivity contribution >= 4 is 11.9 Å². The van der Waals surface area contributed by atoms with E-state index in [4.69, 9.17) is 9.47 Å². The second-order valence-electron chi connectivity index (χ2n) is 8.16. The molecule has 0 amide bonds. The third-order valence-corrected chi connectivity index (χ3v) is 6.39. The zero-order valence-corrected chi connectivity index (χ0v) is 15.3. The van der Waals surface area contributed by atoms with Crippen LogP contribution in [0, 0.1) is 17.3 Å². The van der Waals surface area contributed by atoms with Gasteiger partial charge in [-0.15, -0.1) is 0 Å². The molecule has 0 aromatic carbocycles. The molecular formula is C20H28O4. The molecule has 2 aliphatic heterocycles.